The SMILES string of the molecule is Cc1cccnc1-c1ccc2nccc(-c3ccccc3)c2n1. The number of benzene rings is 1. The van der Waals surface area contributed by atoms with E-state index >= 15 is 0 Å². The molecule has 3 heteroatoms. The van der Waals surface area contributed by atoms with E-state index in [1.807, 2.05) is 48.7 Å². The summed E-state index contributed by atoms with van der Waals surface area (Å²) in [6.45, 7) is 2.05. The minimum atomic E-state index is 0.876. The number of hydrogen-bond donors (Lipinski definition) is 0. The quantitative estimate of drug-likeness (QED) is 0.540. The highest BCUT2D eigenvalue weighted by atomic mass is 14.8. The third-order valence-corrected chi connectivity index (χ3v) is 3.92. The number of hydrogen-bond acceptors (Lipinski definition) is 3. The summed E-state index contributed by atoms with van der Waals surface area (Å²) >= 11 is 0. The van der Waals surface area contributed by atoms with Gasteiger partial charge < -0.3 is 0 Å². The number of rotatable bonds is 2. The van der Waals surface area contributed by atoms with Crippen molar-refractivity contribution in [2.75, 3.05) is 0 Å². The van der Waals surface area contributed by atoms with E-state index in [9.17, 15) is 0 Å². The number of aryl methyl sites for hydroxylation is 1. The van der Waals surface area contributed by atoms with Crippen molar-refractivity contribution < 1.29 is 0 Å². The molecular weight excluding hydrogens is 282 g/mol. The van der Waals surface area contributed by atoms with E-state index in [-0.39, 0.29) is 0 Å². The van der Waals surface area contributed by atoms with Crippen LogP contribution in [0.2, 0.25) is 0 Å². The summed E-state index contributed by atoms with van der Waals surface area (Å²) in [4.78, 5) is 13.8. The Hall–Kier alpha value is -3.07. The van der Waals surface area contributed by atoms with Crippen molar-refractivity contribution >= 4 is 11.0 Å². The fourth-order valence-corrected chi connectivity index (χ4v) is 2.76. The fourth-order valence-electron chi connectivity index (χ4n) is 2.76. The largest absolute Gasteiger partial charge is 0.255 e. The molecule has 0 N–H and O–H groups in total. The van der Waals surface area contributed by atoms with E-state index in [0.717, 1.165) is 39.1 Å². The van der Waals surface area contributed by atoms with Crippen molar-refractivity contribution in [3.05, 3.63) is 78.6 Å². The lowest BCUT2D eigenvalue weighted by Gasteiger charge is -2.08. The Morgan fingerprint density at radius 1 is 0.739 bits per heavy atom. The molecule has 0 saturated carbocycles. The zero-order valence-corrected chi connectivity index (χ0v) is 12.8. The molecule has 0 saturated heterocycles. The van der Waals surface area contributed by atoms with Gasteiger partial charge in [0.25, 0.3) is 0 Å². The van der Waals surface area contributed by atoms with Gasteiger partial charge in [-0.15, -0.1) is 0 Å². The summed E-state index contributed by atoms with van der Waals surface area (Å²) in [7, 11) is 0. The maximum Gasteiger partial charge on any atom is 0.0973 e. The van der Waals surface area contributed by atoms with Crippen molar-refractivity contribution in [2.24, 2.45) is 0 Å². The van der Waals surface area contributed by atoms with Gasteiger partial charge in [-0.05, 0) is 42.3 Å². The molecule has 0 aliphatic carbocycles. The lowest BCUT2D eigenvalue weighted by molar-refractivity contribution is 1.23. The van der Waals surface area contributed by atoms with E-state index < -0.39 is 0 Å². The molecule has 0 radical (unpaired) electrons. The zero-order valence-electron chi connectivity index (χ0n) is 12.8. The van der Waals surface area contributed by atoms with E-state index in [1.165, 1.54) is 0 Å². The van der Waals surface area contributed by atoms with Gasteiger partial charge in [-0.3, -0.25) is 9.97 Å². The van der Waals surface area contributed by atoms with Gasteiger partial charge in [0.15, 0.2) is 0 Å². The van der Waals surface area contributed by atoms with Gasteiger partial charge in [-0.1, -0.05) is 36.4 Å². The van der Waals surface area contributed by atoms with Crippen LogP contribution in [0.1, 0.15) is 5.56 Å². The third kappa shape index (κ3) is 2.46. The molecule has 0 atom stereocenters. The van der Waals surface area contributed by atoms with Crippen molar-refractivity contribution in [1.29, 1.82) is 0 Å². The third-order valence-electron chi connectivity index (χ3n) is 3.92. The average Bonchev–Trinajstić information content (AvgIpc) is 2.62. The van der Waals surface area contributed by atoms with Crippen LogP contribution in [0.3, 0.4) is 0 Å². The lowest BCUT2D eigenvalue weighted by Crippen LogP contribution is -1.93. The van der Waals surface area contributed by atoms with E-state index in [4.69, 9.17) is 4.98 Å². The van der Waals surface area contributed by atoms with Crippen molar-refractivity contribution in [3.8, 4) is 22.5 Å². The average molecular weight is 297 g/mol. The predicted molar refractivity (Wildman–Crippen MR) is 92.9 cm³/mol. The Balaban J connectivity index is 1.97. The Bertz CT molecular complexity index is 978. The highest BCUT2D eigenvalue weighted by molar-refractivity contribution is 5.92. The zero-order chi connectivity index (χ0) is 15.6. The van der Waals surface area contributed by atoms with Crippen LogP contribution in [-0.2, 0) is 0 Å². The van der Waals surface area contributed by atoms with Gasteiger partial charge in [-0.2, -0.15) is 0 Å². The van der Waals surface area contributed by atoms with E-state index in [0.29, 0.717) is 0 Å². The Kier molecular flexibility index (Phi) is 3.31. The maximum absolute atomic E-state index is 4.86. The first-order valence-electron chi connectivity index (χ1n) is 7.56. The van der Waals surface area contributed by atoms with Crippen LogP contribution in [0, 0.1) is 6.92 Å². The molecule has 0 amide bonds. The first-order valence-corrected chi connectivity index (χ1v) is 7.56. The van der Waals surface area contributed by atoms with Gasteiger partial charge in [0.2, 0.25) is 0 Å². The molecule has 110 valence electrons. The normalized spacial score (nSPS) is 10.8. The molecule has 0 aliphatic heterocycles. The highest BCUT2D eigenvalue weighted by Crippen LogP contribution is 2.28. The molecule has 0 unspecified atom stereocenters. The summed E-state index contributed by atoms with van der Waals surface area (Å²) in [6, 6.07) is 20.3. The molecule has 0 bridgehead atoms. The monoisotopic (exact) mass is 297 g/mol. The van der Waals surface area contributed by atoms with E-state index in [1.54, 1.807) is 6.20 Å². The topological polar surface area (TPSA) is 38.7 Å². The number of aromatic nitrogens is 3. The van der Waals surface area contributed by atoms with Gasteiger partial charge in [0, 0.05) is 18.0 Å². The van der Waals surface area contributed by atoms with Gasteiger partial charge >= 0.3 is 0 Å². The maximum atomic E-state index is 4.86. The first-order chi connectivity index (χ1) is 11.3. The van der Waals surface area contributed by atoms with Crippen LogP contribution in [-0.4, -0.2) is 15.0 Å². The number of nitrogens with zero attached hydrogens (tertiary/aromatic N) is 3. The van der Waals surface area contributed by atoms with Crippen LogP contribution < -0.4 is 0 Å². The summed E-state index contributed by atoms with van der Waals surface area (Å²) in [6.07, 6.45) is 3.63. The number of pyridine rings is 3. The minimum absolute atomic E-state index is 0.876. The molecule has 3 nitrogen and oxygen atoms in total. The number of fused-ring (bicyclic) bond motifs is 1. The van der Waals surface area contributed by atoms with Crippen LogP contribution >= 0.6 is 0 Å². The van der Waals surface area contributed by atoms with Crippen molar-refractivity contribution in [2.45, 2.75) is 6.92 Å². The molecule has 1 aromatic carbocycles. The second-order valence-electron chi connectivity index (χ2n) is 5.46. The second-order valence-corrected chi connectivity index (χ2v) is 5.46. The van der Waals surface area contributed by atoms with Crippen LogP contribution in [0.5, 0.6) is 0 Å². The predicted octanol–water partition coefficient (Wildman–Crippen LogP) is 4.67. The summed E-state index contributed by atoms with van der Waals surface area (Å²) in [5.74, 6) is 0. The van der Waals surface area contributed by atoms with Crippen LogP contribution in [0.15, 0.2) is 73.1 Å². The van der Waals surface area contributed by atoms with Crippen LogP contribution in [0.4, 0.5) is 0 Å². The van der Waals surface area contributed by atoms with Crippen molar-refractivity contribution in [1.82, 2.24) is 15.0 Å². The Labute approximate surface area is 134 Å². The summed E-state index contributed by atoms with van der Waals surface area (Å²) in [5.41, 5.74) is 6.93. The molecular formula is C20H15N3. The smallest absolute Gasteiger partial charge is 0.0973 e. The summed E-state index contributed by atoms with van der Waals surface area (Å²) in [5, 5.41) is 0. The summed E-state index contributed by atoms with van der Waals surface area (Å²) < 4.78 is 0. The molecule has 3 aromatic heterocycles. The second kappa shape index (κ2) is 5.61. The Morgan fingerprint density at radius 2 is 1.61 bits per heavy atom. The minimum Gasteiger partial charge on any atom is -0.255 e. The van der Waals surface area contributed by atoms with Crippen molar-refractivity contribution in [3.63, 3.8) is 0 Å². The molecule has 0 spiro atoms. The van der Waals surface area contributed by atoms with Gasteiger partial charge in [0.05, 0.1) is 22.4 Å². The standard InChI is InChI=1S/C20H15N3/c1-14-6-5-12-22-19(14)18-10-9-17-20(23-18)16(11-13-21-17)15-7-3-2-4-8-15/h2-13H,1H3. The molecule has 3 heterocycles. The first kappa shape index (κ1) is 13.6. The highest BCUT2D eigenvalue weighted by Gasteiger charge is 2.10. The molecule has 23 heavy (non-hydrogen) atoms. The van der Waals surface area contributed by atoms with Gasteiger partial charge in [0.1, 0.15) is 0 Å². The molecule has 0 aliphatic rings. The van der Waals surface area contributed by atoms with E-state index in [2.05, 4.69) is 35.1 Å². The lowest BCUT2D eigenvalue weighted by atomic mass is 10.0. The Morgan fingerprint density at radius 3 is 2.43 bits per heavy atom. The fraction of sp³-hybridized carbons (Fsp3) is 0.0500. The molecule has 4 aromatic rings. The molecule has 4 rings (SSSR count). The van der Waals surface area contributed by atoms with Crippen LogP contribution in [0.25, 0.3) is 33.5 Å². The molecule has 0 fully saturated rings. The van der Waals surface area contributed by atoms with Gasteiger partial charge in [-0.25, -0.2) is 4.98 Å².